The van der Waals surface area contributed by atoms with Gasteiger partial charge in [0.15, 0.2) is 0 Å². The summed E-state index contributed by atoms with van der Waals surface area (Å²) >= 11 is 0. The minimum atomic E-state index is -4.21. The maximum atomic E-state index is 13.2. The van der Waals surface area contributed by atoms with Gasteiger partial charge in [-0.05, 0) is 79.0 Å². The van der Waals surface area contributed by atoms with Crippen molar-refractivity contribution >= 4 is 16.8 Å². The van der Waals surface area contributed by atoms with Gasteiger partial charge < -0.3 is 10.2 Å². The molecule has 2 aromatic rings. The van der Waals surface area contributed by atoms with Gasteiger partial charge in [0.1, 0.15) is 0 Å². The summed E-state index contributed by atoms with van der Waals surface area (Å²) in [6.45, 7) is 18.5. The Morgan fingerprint density at radius 1 is 1.07 bits per heavy atom. The summed E-state index contributed by atoms with van der Waals surface area (Å²) in [7, 11) is 2.09. The second kappa shape index (κ2) is 15.8. The van der Waals surface area contributed by atoms with Crippen molar-refractivity contribution in [3.63, 3.8) is 0 Å². The smallest absolute Gasteiger partial charge is 0.372 e. The van der Waals surface area contributed by atoms with Crippen LogP contribution in [0.15, 0.2) is 91.8 Å². The normalized spacial score (nSPS) is 15.6. The SMILES string of the molecule is C=C/C=C(\C(=C/N(C)C(CC1CCCCC1)C(=C)Nc1ccc(C(=C)C)cc1)CC)c1cc(C)ccc1CCC(F)(F)F. The Balaban J connectivity index is 1.96. The number of rotatable bonds is 14. The van der Waals surface area contributed by atoms with Gasteiger partial charge in [-0.2, -0.15) is 13.2 Å². The third-order valence-electron chi connectivity index (χ3n) is 8.46. The summed E-state index contributed by atoms with van der Waals surface area (Å²) in [5.41, 5.74) is 8.55. The van der Waals surface area contributed by atoms with E-state index in [-0.39, 0.29) is 12.5 Å². The van der Waals surface area contributed by atoms with Crippen molar-refractivity contribution in [2.75, 3.05) is 12.4 Å². The number of likely N-dealkylation sites (N-methyl/N-ethyl adjacent to an activating group) is 1. The molecule has 2 nitrogen and oxygen atoms in total. The molecule has 0 aromatic heterocycles. The Hall–Kier alpha value is -3.47. The Bertz CT molecular complexity index is 1310. The first kappa shape index (κ1) is 34.0. The van der Waals surface area contributed by atoms with Gasteiger partial charge >= 0.3 is 6.18 Å². The van der Waals surface area contributed by atoms with Gasteiger partial charge in [-0.1, -0.05) is 112 Å². The number of anilines is 1. The summed E-state index contributed by atoms with van der Waals surface area (Å²) in [6.07, 6.45) is 8.68. The van der Waals surface area contributed by atoms with E-state index in [1.165, 1.54) is 32.1 Å². The highest BCUT2D eigenvalue weighted by Gasteiger charge is 2.28. The predicted molar refractivity (Wildman–Crippen MR) is 179 cm³/mol. The fourth-order valence-corrected chi connectivity index (χ4v) is 6.01. The summed E-state index contributed by atoms with van der Waals surface area (Å²) in [4.78, 5) is 2.24. The molecular weight excluding hydrogens is 541 g/mol. The molecule has 5 heteroatoms. The molecule has 1 aliphatic rings. The van der Waals surface area contributed by atoms with Gasteiger partial charge in [0.2, 0.25) is 0 Å². The van der Waals surface area contributed by atoms with E-state index >= 15 is 0 Å². The van der Waals surface area contributed by atoms with Gasteiger partial charge in [0.05, 0.1) is 6.04 Å². The summed E-state index contributed by atoms with van der Waals surface area (Å²) in [6, 6.07) is 14.0. The van der Waals surface area contributed by atoms with Crippen LogP contribution in [0.3, 0.4) is 0 Å². The zero-order chi connectivity index (χ0) is 31.6. The van der Waals surface area contributed by atoms with Crippen molar-refractivity contribution < 1.29 is 13.2 Å². The second-order valence-electron chi connectivity index (χ2n) is 12.0. The fraction of sp³-hybridized carbons (Fsp3) is 0.421. The lowest BCUT2D eigenvalue weighted by Crippen LogP contribution is -2.34. The quantitative estimate of drug-likeness (QED) is 0.220. The largest absolute Gasteiger partial charge is 0.389 e. The molecule has 0 bridgehead atoms. The molecule has 0 heterocycles. The highest BCUT2D eigenvalue weighted by molar-refractivity contribution is 5.82. The molecule has 1 aliphatic carbocycles. The predicted octanol–water partition coefficient (Wildman–Crippen LogP) is 11.3. The zero-order valence-electron chi connectivity index (χ0n) is 26.5. The number of allylic oxidation sites excluding steroid dienone is 5. The van der Waals surface area contributed by atoms with E-state index in [1.54, 1.807) is 6.08 Å². The molecule has 3 rings (SSSR count). The first-order valence-corrected chi connectivity index (χ1v) is 15.6. The number of benzene rings is 2. The molecule has 1 N–H and O–H groups in total. The number of alkyl halides is 3. The monoisotopic (exact) mass is 590 g/mol. The van der Waals surface area contributed by atoms with Crippen LogP contribution in [0, 0.1) is 12.8 Å². The molecule has 2 aromatic carbocycles. The third-order valence-corrected chi connectivity index (χ3v) is 8.46. The number of hydrogen-bond acceptors (Lipinski definition) is 2. The molecule has 1 saturated carbocycles. The lowest BCUT2D eigenvalue weighted by Gasteiger charge is -2.34. The number of halogens is 3. The average Bonchev–Trinajstić information content (AvgIpc) is 2.97. The molecule has 0 amide bonds. The third kappa shape index (κ3) is 10.3. The fourth-order valence-electron chi connectivity index (χ4n) is 6.01. The van der Waals surface area contributed by atoms with E-state index in [4.69, 9.17) is 0 Å². The molecule has 0 saturated heterocycles. The van der Waals surface area contributed by atoms with Crippen molar-refractivity contribution in [1.29, 1.82) is 0 Å². The molecule has 43 heavy (non-hydrogen) atoms. The van der Waals surface area contributed by atoms with Crippen LogP contribution in [-0.2, 0) is 6.42 Å². The maximum Gasteiger partial charge on any atom is 0.389 e. The molecular formula is C38H49F3N2. The molecule has 1 unspecified atom stereocenters. The minimum absolute atomic E-state index is 0.0395. The molecule has 0 radical (unpaired) electrons. The number of nitrogens with zero attached hydrogens (tertiary/aromatic N) is 1. The van der Waals surface area contributed by atoms with Crippen LogP contribution >= 0.6 is 0 Å². The van der Waals surface area contributed by atoms with Crippen molar-refractivity contribution in [1.82, 2.24) is 4.90 Å². The molecule has 232 valence electrons. The first-order valence-electron chi connectivity index (χ1n) is 15.6. The van der Waals surface area contributed by atoms with Crippen molar-refractivity contribution in [3.05, 3.63) is 114 Å². The van der Waals surface area contributed by atoms with Gasteiger partial charge in [0, 0.05) is 31.1 Å². The van der Waals surface area contributed by atoms with E-state index < -0.39 is 12.6 Å². The van der Waals surface area contributed by atoms with Crippen LogP contribution in [0.1, 0.15) is 87.5 Å². The molecule has 1 atom stereocenters. The highest BCUT2D eigenvalue weighted by Crippen LogP contribution is 2.35. The standard InChI is InChI=1S/C38H49F3N2/c1-8-13-35(36-24-28(5)16-17-33(36)22-23-38(39,40)41)31(9-2)26-43(7)37(25-30-14-11-10-12-15-30)29(6)42-34-20-18-32(19-21-34)27(3)4/h8,13,16-21,24,26,30,37,42H,1,3,6,9-12,14-15,22-23,25H2,2,4-5,7H3/b31-26-,35-13+. The first-order chi connectivity index (χ1) is 20.4. The maximum absolute atomic E-state index is 13.2. The van der Waals surface area contributed by atoms with E-state index in [9.17, 15) is 13.2 Å². The van der Waals surface area contributed by atoms with Crippen LogP contribution in [0.5, 0.6) is 0 Å². The Morgan fingerprint density at radius 3 is 2.33 bits per heavy atom. The molecule has 0 aliphatic heterocycles. The van der Waals surface area contributed by atoms with E-state index in [0.29, 0.717) is 11.5 Å². The van der Waals surface area contributed by atoms with Crippen LogP contribution in [0.4, 0.5) is 18.9 Å². The topological polar surface area (TPSA) is 15.3 Å². The zero-order valence-corrected chi connectivity index (χ0v) is 26.5. The number of hydrogen-bond donors (Lipinski definition) is 1. The van der Waals surface area contributed by atoms with Crippen LogP contribution in [0.2, 0.25) is 0 Å². The number of nitrogens with one attached hydrogen (secondary N) is 1. The van der Waals surface area contributed by atoms with Crippen LogP contribution in [-0.4, -0.2) is 24.2 Å². The lowest BCUT2D eigenvalue weighted by atomic mass is 9.84. The molecule has 0 spiro atoms. The Morgan fingerprint density at radius 2 is 1.74 bits per heavy atom. The van der Waals surface area contributed by atoms with Gasteiger partial charge in [-0.25, -0.2) is 0 Å². The summed E-state index contributed by atoms with van der Waals surface area (Å²) in [5.74, 6) is 0.623. The minimum Gasteiger partial charge on any atom is -0.372 e. The lowest BCUT2D eigenvalue weighted by molar-refractivity contribution is -0.134. The summed E-state index contributed by atoms with van der Waals surface area (Å²) < 4.78 is 39.6. The Kier molecular flexibility index (Phi) is 12.5. The summed E-state index contributed by atoms with van der Waals surface area (Å²) in [5, 5.41) is 3.57. The van der Waals surface area contributed by atoms with E-state index in [0.717, 1.165) is 57.6 Å². The highest BCUT2D eigenvalue weighted by atomic mass is 19.4. The Labute approximate surface area is 257 Å². The van der Waals surface area contributed by atoms with E-state index in [2.05, 4.69) is 74.4 Å². The second-order valence-corrected chi connectivity index (χ2v) is 12.0. The van der Waals surface area contributed by atoms with Crippen molar-refractivity contribution in [2.24, 2.45) is 5.92 Å². The van der Waals surface area contributed by atoms with Crippen molar-refractivity contribution in [3.8, 4) is 0 Å². The number of aryl methyl sites for hydroxylation is 2. The van der Waals surface area contributed by atoms with E-state index in [1.807, 2.05) is 38.1 Å². The van der Waals surface area contributed by atoms with Gasteiger partial charge in [0.25, 0.3) is 0 Å². The van der Waals surface area contributed by atoms with Gasteiger partial charge in [-0.3, -0.25) is 0 Å². The van der Waals surface area contributed by atoms with Crippen molar-refractivity contribution in [2.45, 2.75) is 90.8 Å². The molecule has 1 fully saturated rings. The van der Waals surface area contributed by atoms with Crippen LogP contribution in [0.25, 0.3) is 11.1 Å². The average molecular weight is 591 g/mol. The van der Waals surface area contributed by atoms with Gasteiger partial charge in [-0.15, -0.1) is 0 Å². The van der Waals surface area contributed by atoms with Crippen LogP contribution < -0.4 is 5.32 Å².